The lowest BCUT2D eigenvalue weighted by molar-refractivity contribution is 0.0600. The van der Waals surface area contributed by atoms with Gasteiger partial charge in [0, 0.05) is 6.04 Å². The Morgan fingerprint density at radius 2 is 1.91 bits per heavy atom. The SMILES string of the molecule is COC(=O)c1cccc(S(=O)(=O)N2c3ccccc3C[C@@H]2C)c1. The van der Waals surface area contributed by atoms with Crippen LogP contribution in [-0.2, 0) is 21.2 Å². The quantitative estimate of drug-likeness (QED) is 0.811. The molecular formula is C17H17NO4S. The first-order valence-electron chi connectivity index (χ1n) is 7.26. The number of fused-ring (bicyclic) bond motifs is 1. The average Bonchev–Trinajstić information content (AvgIpc) is 2.90. The highest BCUT2D eigenvalue weighted by molar-refractivity contribution is 7.92. The van der Waals surface area contributed by atoms with Crippen molar-refractivity contribution in [3.05, 3.63) is 59.7 Å². The van der Waals surface area contributed by atoms with Gasteiger partial charge in [0.15, 0.2) is 0 Å². The Balaban J connectivity index is 2.08. The summed E-state index contributed by atoms with van der Waals surface area (Å²) in [4.78, 5) is 11.7. The van der Waals surface area contributed by atoms with Gasteiger partial charge in [-0.1, -0.05) is 24.3 Å². The van der Waals surface area contributed by atoms with Crippen LogP contribution < -0.4 is 4.31 Å². The van der Waals surface area contributed by atoms with Crippen molar-refractivity contribution in [3.8, 4) is 0 Å². The number of methoxy groups -OCH3 is 1. The van der Waals surface area contributed by atoms with Crippen LogP contribution >= 0.6 is 0 Å². The maximum Gasteiger partial charge on any atom is 0.337 e. The molecule has 0 aromatic heterocycles. The molecule has 0 aliphatic carbocycles. The Labute approximate surface area is 135 Å². The zero-order valence-electron chi connectivity index (χ0n) is 12.9. The Morgan fingerprint density at radius 1 is 1.17 bits per heavy atom. The van der Waals surface area contributed by atoms with E-state index in [2.05, 4.69) is 4.74 Å². The van der Waals surface area contributed by atoms with Crippen LogP contribution in [-0.4, -0.2) is 27.5 Å². The molecule has 1 heterocycles. The highest BCUT2D eigenvalue weighted by Crippen LogP contribution is 2.36. The van der Waals surface area contributed by atoms with E-state index in [1.54, 1.807) is 12.1 Å². The molecule has 23 heavy (non-hydrogen) atoms. The van der Waals surface area contributed by atoms with E-state index < -0.39 is 16.0 Å². The van der Waals surface area contributed by atoms with Crippen LogP contribution in [0.4, 0.5) is 5.69 Å². The summed E-state index contributed by atoms with van der Waals surface area (Å²) in [5.74, 6) is -0.558. The molecule has 0 saturated heterocycles. The maximum atomic E-state index is 13.0. The molecule has 0 unspecified atom stereocenters. The molecule has 1 aliphatic heterocycles. The molecule has 2 aromatic rings. The second-order valence-corrected chi connectivity index (χ2v) is 7.32. The lowest BCUT2D eigenvalue weighted by atomic mass is 10.1. The topological polar surface area (TPSA) is 63.7 Å². The molecular weight excluding hydrogens is 314 g/mol. The second kappa shape index (κ2) is 5.70. The number of rotatable bonds is 3. The summed E-state index contributed by atoms with van der Waals surface area (Å²) in [5.41, 5.74) is 1.92. The van der Waals surface area contributed by atoms with Crippen molar-refractivity contribution in [3.63, 3.8) is 0 Å². The van der Waals surface area contributed by atoms with E-state index in [1.807, 2.05) is 25.1 Å². The Kier molecular flexibility index (Phi) is 3.85. The first kappa shape index (κ1) is 15.6. The number of benzene rings is 2. The normalized spacial score (nSPS) is 17.0. The summed E-state index contributed by atoms with van der Waals surface area (Å²) in [7, 11) is -2.47. The fourth-order valence-corrected chi connectivity index (χ4v) is 4.66. The number of hydrogen-bond acceptors (Lipinski definition) is 4. The van der Waals surface area contributed by atoms with Crippen LogP contribution in [0, 0.1) is 0 Å². The standard InChI is InChI=1S/C17H17NO4S/c1-12-10-13-6-3-4-9-16(13)18(12)23(20,21)15-8-5-7-14(11-15)17(19)22-2/h3-9,11-12H,10H2,1-2H3/t12-/m0/s1. The fourth-order valence-electron chi connectivity index (χ4n) is 2.92. The Morgan fingerprint density at radius 3 is 2.65 bits per heavy atom. The summed E-state index contributed by atoms with van der Waals surface area (Å²) < 4.78 is 32.2. The molecule has 0 fully saturated rings. The van der Waals surface area contributed by atoms with Crippen LogP contribution in [0.15, 0.2) is 53.4 Å². The number of anilines is 1. The summed E-state index contributed by atoms with van der Waals surface area (Å²) in [6.07, 6.45) is 0.673. The van der Waals surface area contributed by atoms with Gasteiger partial charge in [-0.15, -0.1) is 0 Å². The van der Waals surface area contributed by atoms with E-state index in [4.69, 9.17) is 0 Å². The third kappa shape index (κ3) is 2.59. The van der Waals surface area contributed by atoms with Crippen molar-refractivity contribution in [2.75, 3.05) is 11.4 Å². The van der Waals surface area contributed by atoms with Crippen molar-refractivity contribution >= 4 is 21.7 Å². The molecule has 1 atom stereocenters. The summed E-state index contributed by atoms with van der Waals surface area (Å²) in [6.45, 7) is 1.88. The lowest BCUT2D eigenvalue weighted by Gasteiger charge is -2.24. The van der Waals surface area contributed by atoms with Crippen molar-refractivity contribution < 1.29 is 17.9 Å². The van der Waals surface area contributed by atoms with Gasteiger partial charge in [-0.3, -0.25) is 4.31 Å². The Hall–Kier alpha value is -2.34. The van der Waals surface area contributed by atoms with Gasteiger partial charge in [0.1, 0.15) is 0 Å². The van der Waals surface area contributed by atoms with Crippen molar-refractivity contribution in [1.29, 1.82) is 0 Å². The van der Waals surface area contributed by atoms with E-state index in [9.17, 15) is 13.2 Å². The molecule has 1 aliphatic rings. The van der Waals surface area contributed by atoms with E-state index >= 15 is 0 Å². The Bertz CT molecular complexity index is 860. The number of esters is 1. The number of ether oxygens (including phenoxy) is 1. The minimum absolute atomic E-state index is 0.0870. The number of carbonyl (C=O) groups is 1. The monoisotopic (exact) mass is 331 g/mol. The molecule has 0 saturated carbocycles. The van der Waals surface area contributed by atoms with E-state index in [0.717, 1.165) is 5.56 Å². The fraction of sp³-hybridized carbons (Fsp3) is 0.235. The maximum absolute atomic E-state index is 13.0. The highest BCUT2D eigenvalue weighted by Gasteiger charge is 2.36. The number of hydrogen-bond donors (Lipinski definition) is 0. The number of nitrogens with zero attached hydrogens (tertiary/aromatic N) is 1. The van der Waals surface area contributed by atoms with Crippen LogP contribution in [0.25, 0.3) is 0 Å². The van der Waals surface area contributed by atoms with Crippen molar-refractivity contribution in [1.82, 2.24) is 0 Å². The minimum atomic E-state index is -3.74. The van der Waals surface area contributed by atoms with Crippen LogP contribution in [0.1, 0.15) is 22.8 Å². The molecule has 0 bridgehead atoms. The van der Waals surface area contributed by atoms with Gasteiger partial charge >= 0.3 is 5.97 Å². The zero-order valence-corrected chi connectivity index (χ0v) is 13.7. The van der Waals surface area contributed by atoms with Gasteiger partial charge in [0.2, 0.25) is 0 Å². The van der Waals surface area contributed by atoms with Crippen LogP contribution in [0.2, 0.25) is 0 Å². The summed E-state index contributed by atoms with van der Waals surface area (Å²) in [6, 6.07) is 13.2. The molecule has 120 valence electrons. The van der Waals surface area contributed by atoms with Gasteiger partial charge in [-0.25, -0.2) is 13.2 Å². The molecule has 3 rings (SSSR count). The minimum Gasteiger partial charge on any atom is -0.465 e. The zero-order chi connectivity index (χ0) is 16.6. The van der Waals surface area contributed by atoms with E-state index in [-0.39, 0.29) is 16.5 Å². The summed E-state index contributed by atoms with van der Waals surface area (Å²) >= 11 is 0. The third-order valence-corrected chi connectivity index (χ3v) is 5.88. The molecule has 6 heteroatoms. The van der Waals surface area contributed by atoms with Crippen LogP contribution in [0.3, 0.4) is 0 Å². The largest absolute Gasteiger partial charge is 0.465 e. The number of sulfonamides is 1. The molecule has 0 amide bonds. The molecule has 5 nitrogen and oxygen atoms in total. The van der Waals surface area contributed by atoms with Gasteiger partial charge in [0.25, 0.3) is 10.0 Å². The average molecular weight is 331 g/mol. The van der Waals surface area contributed by atoms with Crippen molar-refractivity contribution in [2.45, 2.75) is 24.3 Å². The molecule has 0 spiro atoms. The second-order valence-electron chi connectivity index (χ2n) is 5.50. The van der Waals surface area contributed by atoms with Gasteiger partial charge in [0.05, 0.1) is 23.3 Å². The predicted molar refractivity (Wildman–Crippen MR) is 87.1 cm³/mol. The van der Waals surface area contributed by atoms with E-state index in [1.165, 1.54) is 29.6 Å². The smallest absolute Gasteiger partial charge is 0.337 e. The summed E-state index contributed by atoms with van der Waals surface area (Å²) in [5, 5.41) is 0. The number of para-hydroxylation sites is 1. The highest BCUT2D eigenvalue weighted by atomic mass is 32.2. The van der Waals surface area contributed by atoms with Gasteiger partial charge in [-0.2, -0.15) is 0 Å². The van der Waals surface area contributed by atoms with Crippen LogP contribution in [0.5, 0.6) is 0 Å². The third-order valence-electron chi connectivity index (χ3n) is 3.96. The van der Waals surface area contributed by atoms with E-state index in [0.29, 0.717) is 12.1 Å². The molecule has 2 aromatic carbocycles. The molecule has 0 radical (unpaired) electrons. The van der Waals surface area contributed by atoms with Crippen molar-refractivity contribution in [2.24, 2.45) is 0 Å². The number of carbonyl (C=O) groups excluding carboxylic acids is 1. The molecule has 0 N–H and O–H groups in total. The van der Waals surface area contributed by atoms with Gasteiger partial charge in [-0.05, 0) is 43.2 Å². The predicted octanol–water partition coefficient (Wildman–Crippen LogP) is 2.61. The van der Waals surface area contributed by atoms with Gasteiger partial charge < -0.3 is 4.74 Å². The first-order chi connectivity index (χ1) is 10.9. The lowest BCUT2D eigenvalue weighted by Crippen LogP contribution is -2.35. The first-order valence-corrected chi connectivity index (χ1v) is 8.70.